The Morgan fingerprint density at radius 2 is 2.15 bits per heavy atom. The molecule has 0 spiro atoms. The van der Waals surface area contributed by atoms with Crippen molar-refractivity contribution in [2.75, 3.05) is 11.9 Å². The predicted octanol–water partition coefficient (Wildman–Crippen LogP) is 2.75. The fourth-order valence-electron chi connectivity index (χ4n) is 2.24. The van der Waals surface area contributed by atoms with Crippen molar-refractivity contribution in [1.29, 1.82) is 0 Å². The van der Waals surface area contributed by atoms with Crippen molar-refractivity contribution in [1.82, 2.24) is 4.98 Å². The minimum atomic E-state index is -0.741. The quantitative estimate of drug-likeness (QED) is 0.688. The highest BCUT2D eigenvalue weighted by molar-refractivity contribution is 7.14. The molecule has 9 heteroatoms. The second kappa shape index (κ2) is 7.44. The van der Waals surface area contributed by atoms with Crippen LogP contribution in [0.5, 0.6) is 0 Å². The second-order valence-electron chi connectivity index (χ2n) is 5.21. The van der Waals surface area contributed by atoms with Crippen LogP contribution in [0.15, 0.2) is 38.9 Å². The molecule has 1 N–H and O–H groups in total. The third-order valence-corrected chi connectivity index (χ3v) is 4.16. The van der Waals surface area contributed by atoms with Crippen molar-refractivity contribution < 1.29 is 23.1 Å². The van der Waals surface area contributed by atoms with E-state index in [2.05, 4.69) is 10.3 Å². The normalized spacial score (nSPS) is 10.7. The molecule has 26 heavy (non-hydrogen) atoms. The highest BCUT2D eigenvalue weighted by Gasteiger charge is 2.15. The first-order chi connectivity index (χ1) is 12.5. The van der Waals surface area contributed by atoms with E-state index in [1.165, 1.54) is 12.1 Å². The van der Waals surface area contributed by atoms with Gasteiger partial charge in [0.2, 0.25) is 0 Å². The number of carbonyl (C=O) groups excluding carboxylic acids is 2. The molecule has 3 aromatic rings. The second-order valence-corrected chi connectivity index (χ2v) is 6.07. The van der Waals surface area contributed by atoms with Gasteiger partial charge in [-0.15, -0.1) is 11.3 Å². The van der Waals surface area contributed by atoms with E-state index in [4.69, 9.17) is 9.15 Å². The fraction of sp³-hybridized carbons (Fsp3) is 0.176. The molecule has 0 radical (unpaired) electrons. The van der Waals surface area contributed by atoms with Crippen molar-refractivity contribution in [3.8, 4) is 0 Å². The zero-order chi connectivity index (χ0) is 18.7. The van der Waals surface area contributed by atoms with Crippen LogP contribution in [0, 0.1) is 5.82 Å². The molecule has 3 rings (SSSR count). The van der Waals surface area contributed by atoms with E-state index in [9.17, 15) is 18.8 Å². The number of benzene rings is 1. The first kappa shape index (κ1) is 17.7. The Hall–Kier alpha value is -3.07. The van der Waals surface area contributed by atoms with Crippen molar-refractivity contribution in [2.45, 2.75) is 13.3 Å². The Morgan fingerprint density at radius 1 is 1.35 bits per heavy atom. The number of nitrogens with zero attached hydrogens (tertiary/aromatic N) is 1. The van der Waals surface area contributed by atoms with Crippen LogP contribution in [-0.4, -0.2) is 23.5 Å². The van der Waals surface area contributed by atoms with E-state index < -0.39 is 23.3 Å². The maximum Gasteiger partial charge on any atom is 0.344 e. The molecule has 0 atom stereocenters. The smallest absolute Gasteiger partial charge is 0.344 e. The molecular weight excluding hydrogens is 363 g/mol. The lowest BCUT2D eigenvalue weighted by molar-refractivity contribution is -0.142. The molecule has 0 saturated carbocycles. The first-order valence-electron chi connectivity index (χ1n) is 7.61. The number of anilines is 1. The minimum absolute atomic E-state index is 0.00938. The van der Waals surface area contributed by atoms with Gasteiger partial charge < -0.3 is 9.15 Å². The number of rotatable bonds is 5. The van der Waals surface area contributed by atoms with Crippen molar-refractivity contribution >= 4 is 39.1 Å². The van der Waals surface area contributed by atoms with E-state index in [0.717, 1.165) is 23.5 Å². The summed E-state index contributed by atoms with van der Waals surface area (Å²) in [5.74, 6) is -1.92. The number of thiazole rings is 1. The zero-order valence-corrected chi connectivity index (χ0v) is 14.4. The molecular formula is C17H13FN2O5S. The molecule has 0 unspecified atom stereocenters. The molecule has 0 saturated heterocycles. The number of halogens is 1. The van der Waals surface area contributed by atoms with Gasteiger partial charge >= 0.3 is 11.6 Å². The summed E-state index contributed by atoms with van der Waals surface area (Å²) < 4.78 is 23.1. The van der Waals surface area contributed by atoms with Crippen LogP contribution in [0.2, 0.25) is 0 Å². The number of hydrogen-bond acceptors (Lipinski definition) is 7. The molecule has 7 nitrogen and oxygen atoms in total. The number of nitrogens with one attached hydrogen (secondary N) is 1. The Morgan fingerprint density at radius 3 is 2.92 bits per heavy atom. The molecule has 1 amide bonds. The van der Waals surface area contributed by atoms with E-state index in [1.807, 2.05) is 0 Å². The number of ether oxygens (including phenoxy) is 1. The average Bonchev–Trinajstić information content (AvgIpc) is 3.01. The molecule has 0 bridgehead atoms. The summed E-state index contributed by atoms with van der Waals surface area (Å²) in [6.45, 7) is 1.97. The Kier molecular flexibility index (Phi) is 5.08. The van der Waals surface area contributed by atoms with Crippen molar-refractivity contribution in [3.05, 3.63) is 57.3 Å². The standard InChI is InChI=1S/C17H13FN2O5S/c1-2-24-14(21)7-11-8-26-17(19-11)20-15(22)13-6-9-5-10(18)3-4-12(9)16(23)25-13/h3-6,8H,2,7H2,1H3,(H,19,20,22). The topological polar surface area (TPSA) is 98.5 Å². The van der Waals surface area contributed by atoms with Gasteiger partial charge in [0.05, 0.1) is 24.1 Å². The number of amides is 1. The third-order valence-electron chi connectivity index (χ3n) is 3.35. The summed E-state index contributed by atoms with van der Waals surface area (Å²) in [6.07, 6.45) is -0.00938. The lowest BCUT2D eigenvalue weighted by Gasteiger charge is -2.02. The molecule has 0 aliphatic carbocycles. The molecule has 1 aromatic carbocycles. The van der Waals surface area contributed by atoms with Gasteiger partial charge in [-0.2, -0.15) is 0 Å². The van der Waals surface area contributed by atoms with Crippen molar-refractivity contribution in [2.24, 2.45) is 0 Å². The summed E-state index contributed by atoms with van der Waals surface area (Å²) >= 11 is 1.11. The van der Waals surface area contributed by atoms with Crippen LogP contribution in [0.3, 0.4) is 0 Å². The van der Waals surface area contributed by atoms with Crippen molar-refractivity contribution in [3.63, 3.8) is 0 Å². The lowest BCUT2D eigenvalue weighted by Crippen LogP contribution is -2.15. The molecule has 0 aliphatic heterocycles. The van der Waals surface area contributed by atoms with Gasteiger partial charge in [-0.1, -0.05) is 0 Å². The summed E-state index contributed by atoms with van der Waals surface area (Å²) in [4.78, 5) is 39.7. The number of carbonyl (C=O) groups is 2. The molecule has 2 aromatic heterocycles. The van der Waals surface area contributed by atoms with Crippen LogP contribution < -0.4 is 10.9 Å². The largest absolute Gasteiger partial charge is 0.466 e. The SMILES string of the molecule is CCOC(=O)Cc1csc(NC(=O)c2cc3cc(F)ccc3c(=O)o2)n1. The van der Waals surface area contributed by atoms with Crippen LogP contribution in [-0.2, 0) is 16.0 Å². The first-order valence-corrected chi connectivity index (χ1v) is 8.49. The monoisotopic (exact) mass is 376 g/mol. The lowest BCUT2D eigenvalue weighted by atomic mass is 10.1. The number of aromatic nitrogens is 1. The Bertz CT molecular complexity index is 1040. The number of esters is 1. The molecule has 2 heterocycles. The summed E-state index contributed by atoms with van der Waals surface area (Å²) in [5, 5.41) is 4.76. The molecule has 134 valence electrons. The molecule has 0 fully saturated rings. The zero-order valence-electron chi connectivity index (χ0n) is 13.6. The Balaban J connectivity index is 1.78. The third kappa shape index (κ3) is 3.94. The van der Waals surface area contributed by atoms with E-state index in [0.29, 0.717) is 5.69 Å². The highest BCUT2D eigenvalue weighted by atomic mass is 32.1. The van der Waals surface area contributed by atoms with Gasteiger partial charge in [-0.05, 0) is 36.6 Å². The summed E-state index contributed by atoms with van der Waals surface area (Å²) in [6, 6.07) is 4.85. The van der Waals surface area contributed by atoms with Gasteiger partial charge in [0.15, 0.2) is 10.9 Å². The van der Waals surface area contributed by atoms with Gasteiger partial charge in [0.25, 0.3) is 5.91 Å². The van der Waals surface area contributed by atoms with Gasteiger partial charge in [0, 0.05) is 5.38 Å². The van der Waals surface area contributed by atoms with Gasteiger partial charge in [-0.3, -0.25) is 14.9 Å². The van der Waals surface area contributed by atoms with E-state index >= 15 is 0 Å². The number of hydrogen-bond donors (Lipinski definition) is 1. The predicted molar refractivity (Wildman–Crippen MR) is 92.8 cm³/mol. The molecule has 0 aliphatic rings. The average molecular weight is 376 g/mol. The van der Waals surface area contributed by atoms with E-state index in [-0.39, 0.29) is 34.7 Å². The van der Waals surface area contributed by atoms with Crippen LogP contribution >= 0.6 is 11.3 Å². The minimum Gasteiger partial charge on any atom is -0.466 e. The summed E-state index contributed by atoms with van der Waals surface area (Å²) in [5.41, 5.74) is -0.291. The number of fused-ring (bicyclic) bond motifs is 1. The Labute approximate surface area is 150 Å². The maximum atomic E-state index is 13.3. The van der Waals surface area contributed by atoms with Crippen LogP contribution in [0.4, 0.5) is 9.52 Å². The van der Waals surface area contributed by atoms with Gasteiger partial charge in [-0.25, -0.2) is 14.2 Å². The fourth-order valence-corrected chi connectivity index (χ4v) is 2.95. The maximum absolute atomic E-state index is 13.3. The van der Waals surface area contributed by atoms with Gasteiger partial charge in [0.1, 0.15) is 5.82 Å². The van der Waals surface area contributed by atoms with Crippen LogP contribution in [0.25, 0.3) is 10.8 Å². The summed E-state index contributed by atoms with van der Waals surface area (Å²) in [7, 11) is 0. The van der Waals surface area contributed by atoms with Crippen LogP contribution in [0.1, 0.15) is 23.2 Å². The highest BCUT2D eigenvalue weighted by Crippen LogP contribution is 2.19. The van der Waals surface area contributed by atoms with E-state index in [1.54, 1.807) is 12.3 Å².